The monoisotopic (exact) mass is 337 g/mol. The van der Waals surface area contributed by atoms with Crippen molar-refractivity contribution in [3.05, 3.63) is 52.5 Å². The summed E-state index contributed by atoms with van der Waals surface area (Å²) in [6.07, 6.45) is 0.963. The Kier molecular flexibility index (Phi) is 3.82. The summed E-state index contributed by atoms with van der Waals surface area (Å²) < 4.78 is 6.10. The van der Waals surface area contributed by atoms with Crippen LogP contribution in [0.2, 0.25) is 0 Å². The Labute approximate surface area is 145 Å². The molecule has 122 valence electrons. The highest BCUT2D eigenvalue weighted by Gasteiger charge is 2.25. The van der Waals surface area contributed by atoms with Crippen molar-refractivity contribution in [3.8, 4) is 27.4 Å². The Bertz CT molecular complexity index is 903. The van der Waals surface area contributed by atoms with Crippen LogP contribution < -0.4 is 10.5 Å². The van der Waals surface area contributed by atoms with E-state index in [1.807, 2.05) is 6.92 Å². The van der Waals surface area contributed by atoms with Crippen LogP contribution in [-0.4, -0.2) is 22.8 Å². The first-order chi connectivity index (χ1) is 11.6. The molecule has 2 aromatic carbocycles. The van der Waals surface area contributed by atoms with Gasteiger partial charge in [0, 0.05) is 24.1 Å². The van der Waals surface area contributed by atoms with E-state index in [1.165, 1.54) is 11.1 Å². The first-order valence-electron chi connectivity index (χ1n) is 8.05. The molecule has 1 unspecified atom stereocenters. The Morgan fingerprint density at radius 1 is 1.17 bits per heavy atom. The predicted molar refractivity (Wildman–Crippen MR) is 97.4 cm³/mol. The molecule has 2 heterocycles. The fourth-order valence-corrected chi connectivity index (χ4v) is 3.86. The average Bonchev–Trinajstić information content (AvgIpc) is 3.20. The van der Waals surface area contributed by atoms with Crippen LogP contribution in [0.4, 0.5) is 0 Å². The predicted octanol–water partition coefficient (Wildman–Crippen LogP) is 3.75. The molecule has 0 spiro atoms. The zero-order valence-corrected chi connectivity index (χ0v) is 14.6. The number of hydrogen-bond acceptors (Lipinski definition) is 5. The van der Waals surface area contributed by atoms with Gasteiger partial charge in [-0.2, -0.15) is 0 Å². The van der Waals surface area contributed by atoms with Gasteiger partial charge in [-0.1, -0.05) is 35.6 Å². The summed E-state index contributed by atoms with van der Waals surface area (Å²) in [6.45, 7) is 4.63. The molecule has 3 aromatic rings. The van der Waals surface area contributed by atoms with E-state index in [0.717, 1.165) is 38.9 Å². The molecular formula is C19H19N3OS. The first kappa shape index (κ1) is 15.3. The molecule has 0 saturated heterocycles. The highest BCUT2D eigenvalue weighted by Crippen LogP contribution is 2.40. The number of benzene rings is 2. The molecule has 4 rings (SSSR count). The summed E-state index contributed by atoms with van der Waals surface area (Å²) in [5, 5.41) is 10.3. The van der Waals surface area contributed by atoms with Crippen molar-refractivity contribution in [2.24, 2.45) is 5.73 Å². The van der Waals surface area contributed by atoms with E-state index < -0.39 is 0 Å². The van der Waals surface area contributed by atoms with Crippen LogP contribution >= 0.6 is 11.3 Å². The third-order valence-corrected chi connectivity index (χ3v) is 5.14. The topological polar surface area (TPSA) is 61.0 Å². The minimum Gasteiger partial charge on any atom is -0.488 e. The maximum Gasteiger partial charge on any atom is 0.147 e. The van der Waals surface area contributed by atoms with Crippen LogP contribution in [0.15, 0.2) is 36.4 Å². The lowest BCUT2D eigenvalue weighted by Crippen LogP contribution is -2.24. The SMILES string of the molecule is Cc1cc2c(c(-c3cccc(-c4nnc(C)s4)c3)c1)OC(CN)C2. The maximum absolute atomic E-state index is 6.10. The highest BCUT2D eigenvalue weighted by molar-refractivity contribution is 7.14. The first-order valence-corrected chi connectivity index (χ1v) is 8.87. The molecular weight excluding hydrogens is 318 g/mol. The quantitative estimate of drug-likeness (QED) is 0.791. The number of aryl methyl sites for hydroxylation is 2. The van der Waals surface area contributed by atoms with E-state index >= 15 is 0 Å². The van der Waals surface area contributed by atoms with Gasteiger partial charge in [0.15, 0.2) is 0 Å². The van der Waals surface area contributed by atoms with E-state index in [4.69, 9.17) is 10.5 Å². The van der Waals surface area contributed by atoms with Gasteiger partial charge >= 0.3 is 0 Å². The van der Waals surface area contributed by atoms with E-state index in [1.54, 1.807) is 11.3 Å². The molecule has 24 heavy (non-hydrogen) atoms. The van der Waals surface area contributed by atoms with Crippen LogP contribution in [0.3, 0.4) is 0 Å². The van der Waals surface area contributed by atoms with E-state index in [2.05, 4.69) is 53.5 Å². The summed E-state index contributed by atoms with van der Waals surface area (Å²) in [7, 11) is 0. The molecule has 5 heteroatoms. The highest BCUT2D eigenvalue weighted by atomic mass is 32.1. The van der Waals surface area contributed by atoms with Crippen molar-refractivity contribution in [3.63, 3.8) is 0 Å². The zero-order valence-electron chi connectivity index (χ0n) is 13.7. The molecule has 1 atom stereocenters. The van der Waals surface area contributed by atoms with Crippen molar-refractivity contribution >= 4 is 11.3 Å². The van der Waals surface area contributed by atoms with E-state index in [0.29, 0.717) is 6.54 Å². The van der Waals surface area contributed by atoms with Crippen molar-refractivity contribution in [1.29, 1.82) is 0 Å². The minimum atomic E-state index is 0.0783. The van der Waals surface area contributed by atoms with Gasteiger partial charge in [0.1, 0.15) is 21.9 Å². The molecule has 0 bridgehead atoms. The number of rotatable bonds is 3. The van der Waals surface area contributed by atoms with Crippen LogP contribution in [0.5, 0.6) is 5.75 Å². The molecule has 0 fully saturated rings. The molecule has 0 saturated carbocycles. The second-order valence-electron chi connectivity index (χ2n) is 6.19. The average molecular weight is 337 g/mol. The second-order valence-corrected chi connectivity index (χ2v) is 7.37. The van der Waals surface area contributed by atoms with Gasteiger partial charge in [-0.15, -0.1) is 10.2 Å². The number of nitrogens with two attached hydrogens (primary N) is 1. The molecule has 1 aliphatic heterocycles. The summed E-state index contributed by atoms with van der Waals surface area (Å²) >= 11 is 1.61. The number of hydrogen-bond donors (Lipinski definition) is 1. The largest absolute Gasteiger partial charge is 0.488 e. The van der Waals surface area contributed by atoms with Crippen molar-refractivity contribution in [2.75, 3.05) is 6.54 Å². The summed E-state index contributed by atoms with van der Waals surface area (Å²) in [5.74, 6) is 0.974. The lowest BCUT2D eigenvalue weighted by Gasteiger charge is -2.12. The zero-order chi connectivity index (χ0) is 16.7. The van der Waals surface area contributed by atoms with E-state index in [9.17, 15) is 0 Å². The van der Waals surface area contributed by atoms with Crippen molar-refractivity contribution < 1.29 is 4.74 Å². The van der Waals surface area contributed by atoms with Gasteiger partial charge in [-0.05, 0) is 42.7 Å². The molecule has 0 aliphatic carbocycles. The van der Waals surface area contributed by atoms with Gasteiger partial charge < -0.3 is 10.5 Å². The second kappa shape index (κ2) is 6.00. The van der Waals surface area contributed by atoms with Crippen LogP contribution in [0.1, 0.15) is 16.1 Å². The lowest BCUT2D eigenvalue weighted by molar-refractivity contribution is 0.242. The molecule has 0 radical (unpaired) electrons. The molecule has 2 N–H and O–H groups in total. The van der Waals surface area contributed by atoms with Crippen molar-refractivity contribution in [1.82, 2.24) is 10.2 Å². The Hall–Kier alpha value is -2.24. The van der Waals surface area contributed by atoms with Gasteiger partial charge in [0.25, 0.3) is 0 Å². The van der Waals surface area contributed by atoms with Gasteiger partial charge in [-0.25, -0.2) is 0 Å². The Morgan fingerprint density at radius 3 is 2.75 bits per heavy atom. The molecule has 1 aromatic heterocycles. The minimum absolute atomic E-state index is 0.0783. The lowest BCUT2D eigenvalue weighted by atomic mass is 9.97. The fourth-order valence-electron chi connectivity index (χ4n) is 3.17. The smallest absolute Gasteiger partial charge is 0.147 e. The van der Waals surface area contributed by atoms with Crippen LogP contribution in [0, 0.1) is 13.8 Å². The number of aromatic nitrogens is 2. The summed E-state index contributed by atoms with van der Waals surface area (Å²) in [4.78, 5) is 0. The normalized spacial score (nSPS) is 16.0. The van der Waals surface area contributed by atoms with Gasteiger partial charge in [0.05, 0.1) is 0 Å². The maximum atomic E-state index is 6.10. The van der Waals surface area contributed by atoms with Gasteiger partial charge in [0.2, 0.25) is 0 Å². The standard InChI is InChI=1S/C19H19N3OS/c1-11-6-15-9-16(10-20)23-18(15)17(7-11)13-4-3-5-14(8-13)19-22-21-12(2)24-19/h3-8,16H,9-10,20H2,1-2H3. The molecule has 1 aliphatic rings. The Morgan fingerprint density at radius 2 is 2.00 bits per heavy atom. The fraction of sp³-hybridized carbons (Fsp3) is 0.263. The van der Waals surface area contributed by atoms with Crippen LogP contribution in [0.25, 0.3) is 21.7 Å². The third kappa shape index (κ3) is 2.70. The molecule has 4 nitrogen and oxygen atoms in total. The Balaban J connectivity index is 1.80. The van der Waals surface area contributed by atoms with E-state index in [-0.39, 0.29) is 6.10 Å². The van der Waals surface area contributed by atoms with Crippen molar-refractivity contribution in [2.45, 2.75) is 26.4 Å². The summed E-state index contributed by atoms with van der Waals surface area (Å²) in [5.41, 5.74) is 11.6. The number of fused-ring (bicyclic) bond motifs is 1. The van der Waals surface area contributed by atoms with Gasteiger partial charge in [-0.3, -0.25) is 0 Å². The molecule has 0 amide bonds. The number of ether oxygens (including phenoxy) is 1. The van der Waals surface area contributed by atoms with Crippen LogP contribution in [-0.2, 0) is 6.42 Å². The third-order valence-electron chi connectivity index (χ3n) is 4.25. The number of nitrogens with zero attached hydrogens (tertiary/aromatic N) is 2. The summed E-state index contributed by atoms with van der Waals surface area (Å²) in [6, 6.07) is 12.8.